The van der Waals surface area contributed by atoms with Gasteiger partial charge in [0.15, 0.2) is 5.96 Å². The molecule has 0 amide bonds. The van der Waals surface area contributed by atoms with Gasteiger partial charge in [-0.1, -0.05) is 29.8 Å². The van der Waals surface area contributed by atoms with Crippen LogP contribution in [-0.4, -0.2) is 19.0 Å². The molecule has 0 spiro atoms. The number of hydrogen-bond acceptors (Lipinski definition) is 1. The fourth-order valence-corrected chi connectivity index (χ4v) is 1.40. The maximum Gasteiger partial charge on any atom is 0.191 e. The molecule has 0 bridgehead atoms. The number of aliphatic imine (C=N–C) groups is 1. The Morgan fingerprint density at radius 3 is 2.65 bits per heavy atom. The lowest BCUT2D eigenvalue weighted by molar-refractivity contribution is 0.860. The molecule has 0 aliphatic heterocycles. The van der Waals surface area contributed by atoms with Gasteiger partial charge in [-0.25, -0.2) is 4.99 Å². The minimum atomic E-state index is 0.629. The average molecular weight is 252 g/mol. The van der Waals surface area contributed by atoms with E-state index in [2.05, 4.69) is 22.2 Å². The van der Waals surface area contributed by atoms with Crippen LogP contribution in [0.4, 0.5) is 0 Å². The van der Waals surface area contributed by atoms with E-state index < -0.39 is 0 Å². The van der Waals surface area contributed by atoms with Crippen molar-refractivity contribution in [3.05, 3.63) is 47.5 Å². The topological polar surface area (TPSA) is 36.4 Å². The summed E-state index contributed by atoms with van der Waals surface area (Å²) >= 11 is 5.82. The number of nitrogens with zero attached hydrogens (tertiary/aromatic N) is 1. The Kier molecular flexibility index (Phi) is 6.18. The number of halogens is 1. The first-order valence-corrected chi connectivity index (χ1v) is 6.01. The molecule has 0 aliphatic carbocycles. The molecule has 0 saturated heterocycles. The van der Waals surface area contributed by atoms with E-state index in [1.807, 2.05) is 31.2 Å². The minimum absolute atomic E-state index is 0.629. The molecule has 3 nitrogen and oxygen atoms in total. The number of rotatable bonds is 5. The third-order valence-electron chi connectivity index (χ3n) is 2.09. The molecule has 0 radical (unpaired) electrons. The second-order valence-corrected chi connectivity index (χ2v) is 3.93. The molecule has 2 N–H and O–H groups in total. The van der Waals surface area contributed by atoms with E-state index in [-0.39, 0.29) is 0 Å². The third-order valence-corrected chi connectivity index (χ3v) is 2.34. The lowest BCUT2D eigenvalue weighted by Crippen LogP contribution is -2.37. The van der Waals surface area contributed by atoms with Crippen LogP contribution < -0.4 is 10.6 Å². The zero-order chi connectivity index (χ0) is 12.5. The van der Waals surface area contributed by atoms with Crippen LogP contribution in [0.15, 0.2) is 41.9 Å². The standard InChI is InChI=1S/C13H18ClN3/c1-3-9-16-13(15-4-2)17-10-11-5-7-12(14)8-6-11/h3,5-8H,1,4,9-10H2,2H3,(H2,15,16,17). The van der Waals surface area contributed by atoms with Crippen molar-refractivity contribution in [3.8, 4) is 0 Å². The molecule has 0 saturated carbocycles. The van der Waals surface area contributed by atoms with Crippen molar-refractivity contribution in [1.82, 2.24) is 10.6 Å². The van der Waals surface area contributed by atoms with E-state index in [1.165, 1.54) is 0 Å². The van der Waals surface area contributed by atoms with E-state index in [0.29, 0.717) is 13.1 Å². The maximum absolute atomic E-state index is 5.82. The molecule has 1 aromatic carbocycles. The van der Waals surface area contributed by atoms with Crippen molar-refractivity contribution in [2.24, 2.45) is 4.99 Å². The Labute approximate surface area is 108 Å². The lowest BCUT2D eigenvalue weighted by atomic mass is 10.2. The molecule has 0 aliphatic rings. The maximum atomic E-state index is 5.82. The van der Waals surface area contributed by atoms with E-state index in [9.17, 15) is 0 Å². The molecule has 92 valence electrons. The van der Waals surface area contributed by atoms with Crippen LogP contribution in [0.2, 0.25) is 5.02 Å². The summed E-state index contributed by atoms with van der Waals surface area (Å²) in [5.74, 6) is 0.794. The quantitative estimate of drug-likeness (QED) is 0.480. The summed E-state index contributed by atoms with van der Waals surface area (Å²) in [6, 6.07) is 7.69. The predicted molar refractivity (Wildman–Crippen MR) is 74.5 cm³/mol. The Bertz CT molecular complexity index is 371. The molecule has 1 rings (SSSR count). The van der Waals surface area contributed by atoms with Gasteiger partial charge in [0, 0.05) is 18.1 Å². The zero-order valence-corrected chi connectivity index (χ0v) is 10.8. The van der Waals surface area contributed by atoms with Crippen molar-refractivity contribution >= 4 is 17.6 Å². The van der Waals surface area contributed by atoms with Crippen molar-refractivity contribution in [1.29, 1.82) is 0 Å². The first-order valence-electron chi connectivity index (χ1n) is 5.63. The summed E-state index contributed by atoms with van der Waals surface area (Å²) in [7, 11) is 0. The van der Waals surface area contributed by atoms with Crippen LogP contribution in [-0.2, 0) is 6.54 Å². The van der Waals surface area contributed by atoms with Crippen LogP contribution in [0.25, 0.3) is 0 Å². The van der Waals surface area contributed by atoms with Crippen LogP contribution in [0, 0.1) is 0 Å². The normalized spacial score (nSPS) is 11.1. The second kappa shape index (κ2) is 7.74. The lowest BCUT2D eigenvalue weighted by Gasteiger charge is -2.09. The van der Waals surface area contributed by atoms with Gasteiger partial charge in [-0.05, 0) is 24.6 Å². The molecular weight excluding hydrogens is 234 g/mol. The molecule has 0 aromatic heterocycles. The number of hydrogen-bond donors (Lipinski definition) is 2. The molecule has 17 heavy (non-hydrogen) atoms. The smallest absolute Gasteiger partial charge is 0.191 e. The highest BCUT2D eigenvalue weighted by atomic mass is 35.5. The molecule has 4 heteroatoms. The number of guanidine groups is 1. The van der Waals surface area contributed by atoms with Crippen LogP contribution in [0.1, 0.15) is 12.5 Å². The van der Waals surface area contributed by atoms with E-state index >= 15 is 0 Å². The summed E-state index contributed by atoms with van der Waals surface area (Å²) in [6.07, 6.45) is 1.80. The summed E-state index contributed by atoms with van der Waals surface area (Å²) in [4.78, 5) is 4.45. The van der Waals surface area contributed by atoms with Crippen LogP contribution in [0.5, 0.6) is 0 Å². The number of benzene rings is 1. The van der Waals surface area contributed by atoms with Gasteiger partial charge in [0.2, 0.25) is 0 Å². The number of nitrogens with one attached hydrogen (secondary N) is 2. The zero-order valence-electron chi connectivity index (χ0n) is 10.0. The second-order valence-electron chi connectivity index (χ2n) is 3.49. The molecular formula is C13H18ClN3. The van der Waals surface area contributed by atoms with E-state index in [4.69, 9.17) is 11.6 Å². The fraction of sp³-hybridized carbons (Fsp3) is 0.308. The Morgan fingerprint density at radius 2 is 2.06 bits per heavy atom. The Balaban J connectivity index is 2.57. The monoisotopic (exact) mass is 251 g/mol. The average Bonchev–Trinajstić information content (AvgIpc) is 2.35. The highest BCUT2D eigenvalue weighted by molar-refractivity contribution is 6.30. The van der Waals surface area contributed by atoms with Gasteiger partial charge in [-0.3, -0.25) is 0 Å². The molecule has 0 unspecified atom stereocenters. The largest absolute Gasteiger partial charge is 0.357 e. The molecule has 0 atom stereocenters. The first-order chi connectivity index (χ1) is 8.26. The SMILES string of the molecule is C=CCNC(=NCc1ccc(Cl)cc1)NCC. The summed E-state index contributed by atoms with van der Waals surface area (Å²) in [5, 5.41) is 7.06. The van der Waals surface area contributed by atoms with Gasteiger partial charge in [-0.2, -0.15) is 0 Å². The summed E-state index contributed by atoms with van der Waals surface area (Å²) in [6.45, 7) is 7.86. The fourth-order valence-electron chi connectivity index (χ4n) is 1.27. The van der Waals surface area contributed by atoms with Gasteiger partial charge in [0.05, 0.1) is 6.54 Å². The van der Waals surface area contributed by atoms with Crippen molar-refractivity contribution in [3.63, 3.8) is 0 Å². The first kappa shape index (κ1) is 13.6. The highest BCUT2D eigenvalue weighted by Gasteiger charge is 1.95. The molecule has 1 aromatic rings. The summed E-state index contributed by atoms with van der Waals surface area (Å²) < 4.78 is 0. The van der Waals surface area contributed by atoms with Crippen LogP contribution >= 0.6 is 11.6 Å². The van der Waals surface area contributed by atoms with Gasteiger partial charge < -0.3 is 10.6 Å². The van der Waals surface area contributed by atoms with Gasteiger partial charge in [0.1, 0.15) is 0 Å². The van der Waals surface area contributed by atoms with Gasteiger partial charge in [0.25, 0.3) is 0 Å². The third kappa shape index (κ3) is 5.41. The van der Waals surface area contributed by atoms with Gasteiger partial charge >= 0.3 is 0 Å². The highest BCUT2D eigenvalue weighted by Crippen LogP contribution is 2.09. The van der Waals surface area contributed by atoms with Gasteiger partial charge in [-0.15, -0.1) is 6.58 Å². The van der Waals surface area contributed by atoms with Crippen molar-refractivity contribution < 1.29 is 0 Å². The Morgan fingerprint density at radius 1 is 1.35 bits per heavy atom. The summed E-state index contributed by atoms with van der Waals surface area (Å²) in [5.41, 5.74) is 1.13. The van der Waals surface area contributed by atoms with Crippen molar-refractivity contribution in [2.75, 3.05) is 13.1 Å². The van der Waals surface area contributed by atoms with E-state index in [1.54, 1.807) is 6.08 Å². The van der Waals surface area contributed by atoms with Crippen LogP contribution in [0.3, 0.4) is 0 Å². The van der Waals surface area contributed by atoms with Crippen molar-refractivity contribution in [2.45, 2.75) is 13.5 Å². The minimum Gasteiger partial charge on any atom is -0.357 e. The predicted octanol–water partition coefficient (Wildman–Crippen LogP) is 2.58. The van der Waals surface area contributed by atoms with E-state index in [0.717, 1.165) is 23.1 Å². The molecule has 0 fully saturated rings. The molecule has 0 heterocycles. The Hall–Kier alpha value is -1.48.